The zero-order valence-electron chi connectivity index (χ0n) is 11.9. The largest absolute Gasteiger partial charge is 0.484 e. The van der Waals surface area contributed by atoms with Gasteiger partial charge in [0.05, 0.1) is 0 Å². The van der Waals surface area contributed by atoms with E-state index in [1.807, 2.05) is 26.0 Å². The lowest BCUT2D eigenvalue weighted by molar-refractivity contribution is -0.124. The second-order valence-electron chi connectivity index (χ2n) is 5.51. The molecule has 2 rings (SSSR count). The maximum Gasteiger partial charge on any atom is 0.258 e. The van der Waals surface area contributed by atoms with Gasteiger partial charge in [-0.05, 0) is 49.9 Å². The Balaban J connectivity index is 1.79. The highest BCUT2D eigenvalue weighted by Crippen LogP contribution is 2.18. The van der Waals surface area contributed by atoms with Crippen LogP contribution in [0.1, 0.15) is 43.2 Å². The zero-order valence-corrected chi connectivity index (χ0v) is 11.9. The van der Waals surface area contributed by atoms with Gasteiger partial charge in [0, 0.05) is 6.04 Å². The summed E-state index contributed by atoms with van der Waals surface area (Å²) in [4.78, 5) is 11.8. The smallest absolute Gasteiger partial charge is 0.258 e. The van der Waals surface area contributed by atoms with Crippen molar-refractivity contribution in [3.05, 3.63) is 29.3 Å². The van der Waals surface area contributed by atoms with E-state index >= 15 is 0 Å². The number of hydrogen-bond acceptors (Lipinski definition) is 2. The Morgan fingerprint density at radius 1 is 1.16 bits per heavy atom. The van der Waals surface area contributed by atoms with Crippen LogP contribution in [0.15, 0.2) is 18.2 Å². The highest BCUT2D eigenvalue weighted by atomic mass is 16.5. The maximum atomic E-state index is 11.8. The standard InChI is InChI=1S/C16H23NO2/c1-12-8-13(2)10-15(9-12)19-11-16(18)17-14-6-4-3-5-7-14/h8-10,14H,3-7,11H2,1-2H3,(H,17,18). The molecule has 1 saturated carbocycles. The van der Waals surface area contributed by atoms with Crippen molar-refractivity contribution in [2.45, 2.75) is 52.0 Å². The molecule has 1 aliphatic carbocycles. The highest BCUT2D eigenvalue weighted by Gasteiger charge is 2.15. The van der Waals surface area contributed by atoms with E-state index < -0.39 is 0 Å². The van der Waals surface area contributed by atoms with Crippen LogP contribution in [-0.2, 0) is 4.79 Å². The number of carbonyl (C=O) groups excluding carboxylic acids is 1. The van der Waals surface area contributed by atoms with Crippen molar-refractivity contribution in [2.75, 3.05) is 6.61 Å². The molecule has 1 aliphatic rings. The molecule has 0 saturated heterocycles. The molecular formula is C16H23NO2. The molecule has 104 valence electrons. The van der Waals surface area contributed by atoms with Gasteiger partial charge in [0.2, 0.25) is 0 Å². The van der Waals surface area contributed by atoms with Crippen LogP contribution in [0.25, 0.3) is 0 Å². The lowest BCUT2D eigenvalue weighted by Crippen LogP contribution is -2.38. The molecular weight excluding hydrogens is 238 g/mol. The number of rotatable bonds is 4. The Morgan fingerprint density at radius 3 is 2.42 bits per heavy atom. The van der Waals surface area contributed by atoms with Crippen LogP contribution < -0.4 is 10.1 Å². The summed E-state index contributed by atoms with van der Waals surface area (Å²) in [7, 11) is 0. The molecule has 19 heavy (non-hydrogen) atoms. The molecule has 0 aromatic heterocycles. The molecule has 1 amide bonds. The molecule has 3 nitrogen and oxygen atoms in total. The first-order valence-electron chi connectivity index (χ1n) is 7.14. The quantitative estimate of drug-likeness (QED) is 0.904. The average molecular weight is 261 g/mol. The molecule has 1 N–H and O–H groups in total. The van der Waals surface area contributed by atoms with Crippen LogP contribution in [0.5, 0.6) is 5.75 Å². The Hall–Kier alpha value is -1.51. The molecule has 3 heteroatoms. The van der Waals surface area contributed by atoms with Gasteiger partial charge < -0.3 is 10.1 Å². The number of carbonyl (C=O) groups is 1. The van der Waals surface area contributed by atoms with Gasteiger partial charge >= 0.3 is 0 Å². The van der Waals surface area contributed by atoms with Gasteiger partial charge in [-0.3, -0.25) is 4.79 Å². The minimum atomic E-state index is -0.00828. The number of hydrogen-bond donors (Lipinski definition) is 1. The summed E-state index contributed by atoms with van der Waals surface area (Å²) >= 11 is 0. The van der Waals surface area contributed by atoms with E-state index in [9.17, 15) is 4.79 Å². The van der Waals surface area contributed by atoms with Gasteiger partial charge in [-0.2, -0.15) is 0 Å². The van der Waals surface area contributed by atoms with E-state index in [4.69, 9.17) is 4.74 Å². The molecule has 0 unspecified atom stereocenters. The van der Waals surface area contributed by atoms with Crippen LogP contribution in [0.2, 0.25) is 0 Å². The third-order valence-corrected chi connectivity index (χ3v) is 3.54. The number of aryl methyl sites for hydroxylation is 2. The van der Waals surface area contributed by atoms with Crippen molar-refractivity contribution in [3.63, 3.8) is 0 Å². The predicted molar refractivity (Wildman–Crippen MR) is 76.4 cm³/mol. The second kappa shape index (κ2) is 6.60. The Morgan fingerprint density at radius 2 is 1.79 bits per heavy atom. The van der Waals surface area contributed by atoms with E-state index in [1.54, 1.807) is 0 Å². The average Bonchev–Trinajstić information content (AvgIpc) is 2.36. The SMILES string of the molecule is Cc1cc(C)cc(OCC(=O)NC2CCCCC2)c1. The number of benzene rings is 1. The fourth-order valence-electron chi connectivity index (χ4n) is 2.68. The summed E-state index contributed by atoms with van der Waals surface area (Å²) < 4.78 is 5.56. The Labute approximate surface area is 115 Å². The van der Waals surface area contributed by atoms with Gasteiger partial charge in [-0.15, -0.1) is 0 Å². The summed E-state index contributed by atoms with van der Waals surface area (Å²) in [5, 5.41) is 3.05. The third kappa shape index (κ3) is 4.58. The van der Waals surface area contributed by atoms with Crippen molar-refractivity contribution < 1.29 is 9.53 Å². The summed E-state index contributed by atoms with van der Waals surface area (Å²) in [5.74, 6) is 0.766. The Kier molecular flexibility index (Phi) is 4.83. The van der Waals surface area contributed by atoms with E-state index in [2.05, 4.69) is 11.4 Å². The fourth-order valence-corrected chi connectivity index (χ4v) is 2.68. The molecule has 0 atom stereocenters. The van der Waals surface area contributed by atoms with Crippen LogP contribution in [0, 0.1) is 13.8 Å². The van der Waals surface area contributed by atoms with Crippen molar-refractivity contribution in [2.24, 2.45) is 0 Å². The van der Waals surface area contributed by atoms with E-state index in [0.717, 1.165) is 29.7 Å². The molecule has 1 aromatic rings. The minimum absolute atomic E-state index is 0.00828. The molecule has 0 radical (unpaired) electrons. The zero-order chi connectivity index (χ0) is 13.7. The van der Waals surface area contributed by atoms with Crippen molar-refractivity contribution in [1.82, 2.24) is 5.32 Å². The van der Waals surface area contributed by atoms with Crippen LogP contribution in [0.4, 0.5) is 0 Å². The van der Waals surface area contributed by atoms with Crippen molar-refractivity contribution >= 4 is 5.91 Å². The second-order valence-corrected chi connectivity index (χ2v) is 5.51. The van der Waals surface area contributed by atoms with Crippen LogP contribution >= 0.6 is 0 Å². The first-order chi connectivity index (χ1) is 9.13. The predicted octanol–water partition coefficient (Wildman–Crippen LogP) is 3.13. The molecule has 0 aliphatic heterocycles. The van der Waals surface area contributed by atoms with Crippen LogP contribution in [-0.4, -0.2) is 18.6 Å². The highest BCUT2D eigenvalue weighted by molar-refractivity contribution is 5.77. The maximum absolute atomic E-state index is 11.8. The number of amides is 1. The third-order valence-electron chi connectivity index (χ3n) is 3.54. The summed E-state index contributed by atoms with van der Waals surface area (Å²) in [6.07, 6.45) is 5.96. The first kappa shape index (κ1) is 13.9. The molecule has 0 bridgehead atoms. The number of ether oxygens (including phenoxy) is 1. The lowest BCUT2D eigenvalue weighted by Gasteiger charge is -2.22. The molecule has 0 spiro atoms. The molecule has 1 aromatic carbocycles. The van der Waals surface area contributed by atoms with E-state index in [1.165, 1.54) is 19.3 Å². The van der Waals surface area contributed by atoms with Gasteiger partial charge in [-0.1, -0.05) is 25.3 Å². The van der Waals surface area contributed by atoms with E-state index in [0.29, 0.717) is 6.04 Å². The monoisotopic (exact) mass is 261 g/mol. The molecule has 0 heterocycles. The fraction of sp³-hybridized carbons (Fsp3) is 0.562. The topological polar surface area (TPSA) is 38.3 Å². The van der Waals surface area contributed by atoms with E-state index in [-0.39, 0.29) is 12.5 Å². The van der Waals surface area contributed by atoms with Crippen LogP contribution in [0.3, 0.4) is 0 Å². The number of nitrogens with one attached hydrogen (secondary N) is 1. The summed E-state index contributed by atoms with van der Waals surface area (Å²) in [6.45, 7) is 4.17. The lowest BCUT2D eigenvalue weighted by atomic mass is 9.95. The van der Waals surface area contributed by atoms with Gasteiger partial charge in [0.1, 0.15) is 5.75 Å². The minimum Gasteiger partial charge on any atom is -0.484 e. The summed E-state index contributed by atoms with van der Waals surface area (Å²) in [6, 6.07) is 6.36. The molecule has 1 fully saturated rings. The Bertz CT molecular complexity index is 416. The van der Waals surface area contributed by atoms with Gasteiger partial charge in [0.25, 0.3) is 5.91 Å². The van der Waals surface area contributed by atoms with Crippen molar-refractivity contribution in [1.29, 1.82) is 0 Å². The van der Waals surface area contributed by atoms with Gasteiger partial charge in [-0.25, -0.2) is 0 Å². The van der Waals surface area contributed by atoms with Crippen molar-refractivity contribution in [3.8, 4) is 5.75 Å². The van der Waals surface area contributed by atoms with Gasteiger partial charge in [0.15, 0.2) is 6.61 Å². The summed E-state index contributed by atoms with van der Waals surface area (Å²) in [5.41, 5.74) is 2.31. The first-order valence-corrected chi connectivity index (χ1v) is 7.14. The normalized spacial score (nSPS) is 16.1.